The van der Waals surface area contributed by atoms with Gasteiger partial charge in [0.25, 0.3) is 0 Å². The maximum Gasteiger partial charge on any atom is 0.169 e. The quantitative estimate of drug-likeness (QED) is 0.319. The number of ether oxygens (including phenoxy) is 2. The fourth-order valence-corrected chi connectivity index (χ4v) is 4.65. The van der Waals surface area contributed by atoms with E-state index in [1.807, 2.05) is 22.9 Å². The number of aromatic nitrogens is 1. The Labute approximate surface area is 202 Å². The molecular formula is C22H19Cl2FN3O4S-. The Balaban J connectivity index is 1.50. The number of rotatable bonds is 9. The maximum absolute atomic E-state index is 14.6. The standard InChI is InChI=1S/C22H20Cl2FN3O4S/c23-4-6-31-21-16(10-26)7-17(9-19(21)24)28-5-3-15-8-18(1-2-20(15)28)32-13-22(25)11-27(12-22)14-33(29)30/h1-3,5,7-9H,4,6,11-14H2,(H,29,30)/p-1. The molecule has 1 saturated heterocycles. The zero-order valence-corrected chi connectivity index (χ0v) is 19.6. The highest BCUT2D eigenvalue weighted by molar-refractivity contribution is 7.79. The molecule has 0 aliphatic carbocycles. The van der Waals surface area contributed by atoms with Crippen molar-refractivity contribution in [3.8, 4) is 23.3 Å². The Morgan fingerprint density at radius 3 is 2.73 bits per heavy atom. The predicted octanol–water partition coefficient (Wildman–Crippen LogP) is 4.01. The lowest BCUT2D eigenvalue weighted by molar-refractivity contribution is -0.0509. The van der Waals surface area contributed by atoms with Crippen molar-refractivity contribution in [2.24, 2.45) is 0 Å². The summed E-state index contributed by atoms with van der Waals surface area (Å²) < 4.78 is 49.0. The molecule has 1 aliphatic rings. The van der Waals surface area contributed by atoms with E-state index in [0.717, 1.165) is 10.9 Å². The van der Waals surface area contributed by atoms with E-state index in [1.165, 1.54) is 4.90 Å². The van der Waals surface area contributed by atoms with Crippen LogP contribution in [0.25, 0.3) is 16.6 Å². The molecule has 2 heterocycles. The smallest absolute Gasteiger partial charge is 0.169 e. The van der Waals surface area contributed by atoms with Crippen molar-refractivity contribution in [3.05, 3.63) is 53.2 Å². The Bertz CT molecular complexity index is 1240. The SMILES string of the molecule is N#Cc1cc(-n2ccc3cc(OCC4(F)CN(CS(=O)[O-])C4)ccc32)cc(Cl)c1OCCCl. The first kappa shape index (κ1) is 23.8. The summed E-state index contributed by atoms with van der Waals surface area (Å²) >= 11 is 9.79. The van der Waals surface area contributed by atoms with Crippen LogP contribution in [-0.2, 0) is 11.1 Å². The molecule has 1 fully saturated rings. The third-order valence-electron chi connectivity index (χ3n) is 5.21. The predicted molar refractivity (Wildman–Crippen MR) is 124 cm³/mol. The first-order chi connectivity index (χ1) is 15.8. The molecule has 0 spiro atoms. The van der Waals surface area contributed by atoms with Crippen molar-refractivity contribution < 1.29 is 22.6 Å². The summed E-state index contributed by atoms with van der Waals surface area (Å²) in [6.07, 6.45) is 1.84. The maximum atomic E-state index is 14.6. The van der Waals surface area contributed by atoms with Gasteiger partial charge in [-0.05, 0) is 47.5 Å². The molecule has 33 heavy (non-hydrogen) atoms. The van der Waals surface area contributed by atoms with Gasteiger partial charge in [-0.2, -0.15) is 5.26 Å². The fraction of sp³-hybridized carbons (Fsp3) is 0.318. The molecule has 2 aromatic carbocycles. The molecule has 0 radical (unpaired) electrons. The molecule has 3 aromatic rings. The summed E-state index contributed by atoms with van der Waals surface area (Å²) in [5, 5.41) is 10.7. The van der Waals surface area contributed by atoms with E-state index < -0.39 is 16.7 Å². The van der Waals surface area contributed by atoms with Crippen molar-refractivity contribution in [1.29, 1.82) is 5.26 Å². The highest BCUT2D eigenvalue weighted by Crippen LogP contribution is 2.34. The molecule has 7 nitrogen and oxygen atoms in total. The number of halogens is 3. The van der Waals surface area contributed by atoms with Gasteiger partial charge in [-0.3, -0.25) is 9.11 Å². The number of hydrogen-bond donors (Lipinski definition) is 0. The van der Waals surface area contributed by atoms with Gasteiger partial charge < -0.3 is 18.6 Å². The van der Waals surface area contributed by atoms with Gasteiger partial charge in [0.2, 0.25) is 0 Å². The Morgan fingerprint density at radius 1 is 1.24 bits per heavy atom. The monoisotopic (exact) mass is 510 g/mol. The lowest BCUT2D eigenvalue weighted by Crippen LogP contribution is -2.62. The second-order valence-corrected chi connectivity index (χ2v) is 9.37. The van der Waals surface area contributed by atoms with E-state index in [9.17, 15) is 18.4 Å². The van der Waals surface area contributed by atoms with Crippen LogP contribution < -0.4 is 9.47 Å². The highest BCUT2D eigenvalue weighted by Gasteiger charge is 2.44. The molecular weight excluding hydrogens is 492 g/mol. The zero-order chi connectivity index (χ0) is 23.6. The summed E-state index contributed by atoms with van der Waals surface area (Å²) in [6.45, 7) is 0.116. The van der Waals surface area contributed by atoms with Crippen LogP contribution in [0.2, 0.25) is 5.02 Å². The molecule has 0 bridgehead atoms. The molecule has 1 unspecified atom stereocenters. The van der Waals surface area contributed by atoms with E-state index in [4.69, 9.17) is 32.7 Å². The van der Waals surface area contributed by atoms with Crippen molar-refractivity contribution >= 4 is 45.2 Å². The molecule has 11 heteroatoms. The van der Waals surface area contributed by atoms with Crippen LogP contribution in [0.15, 0.2) is 42.6 Å². The number of fused-ring (bicyclic) bond motifs is 1. The van der Waals surface area contributed by atoms with Gasteiger partial charge in [-0.25, -0.2) is 4.39 Å². The number of alkyl halides is 2. The third-order valence-corrected chi connectivity index (χ3v) is 6.22. The van der Waals surface area contributed by atoms with Crippen LogP contribution in [0.1, 0.15) is 5.56 Å². The third kappa shape index (κ3) is 5.26. The molecule has 1 aromatic heterocycles. The molecule has 0 amide bonds. The van der Waals surface area contributed by atoms with Crippen LogP contribution in [0.4, 0.5) is 4.39 Å². The lowest BCUT2D eigenvalue weighted by atomic mass is 9.98. The highest BCUT2D eigenvalue weighted by atomic mass is 35.5. The van der Waals surface area contributed by atoms with Gasteiger partial charge in [0.1, 0.15) is 25.0 Å². The topological polar surface area (TPSA) is 90.6 Å². The first-order valence-corrected chi connectivity index (χ1v) is 12.1. The lowest BCUT2D eigenvalue weighted by Gasteiger charge is -2.44. The average molecular weight is 511 g/mol. The molecule has 174 valence electrons. The van der Waals surface area contributed by atoms with Gasteiger partial charge in [0, 0.05) is 30.4 Å². The normalized spacial score (nSPS) is 16.2. The molecule has 1 aliphatic heterocycles. The Hall–Kier alpha value is -2.35. The first-order valence-electron chi connectivity index (χ1n) is 9.96. The van der Waals surface area contributed by atoms with Crippen LogP contribution in [-0.4, -0.2) is 62.0 Å². The summed E-state index contributed by atoms with van der Waals surface area (Å²) in [5.74, 6) is 0.900. The minimum Gasteiger partial charge on any atom is -0.771 e. The van der Waals surface area contributed by atoms with Gasteiger partial charge in [0.15, 0.2) is 11.4 Å². The molecule has 4 rings (SSSR count). The minimum absolute atomic E-state index is 0.0200. The fourth-order valence-electron chi connectivity index (χ4n) is 3.82. The summed E-state index contributed by atoms with van der Waals surface area (Å²) in [5.41, 5.74) is 0.261. The van der Waals surface area contributed by atoms with Crippen LogP contribution >= 0.6 is 23.2 Å². The van der Waals surface area contributed by atoms with Crippen LogP contribution in [0.3, 0.4) is 0 Å². The molecule has 0 saturated carbocycles. The van der Waals surface area contributed by atoms with Crippen molar-refractivity contribution in [2.75, 3.05) is 38.1 Å². The molecule has 1 atom stereocenters. The molecule has 0 N–H and O–H groups in total. The van der Waals surface area contributed by atoms with E-state index in [0.29, 0.717) is 27.8 Å². The summed E-state index contributed by atoms with van der Waals surface area (Å²) in [4.78, 5) is 1.50. The van der Waals surface area contributed by atoms with Crippen LogP contribution in [0, 0.1) is 11.3 Å². The van der Waals surface area contributed by atoms with E-state index in [-0.39, 0.29) is 38.1 Å². The van der Waals surface area contributed by atoms with Crippen molar-refractivity contribution in [3.63, 3.8) is 0 Å². The van der Waals surface area contributed by atoms with E-state index in [1.54, 1.807) is 24.3 Å². The van der Waals surface area contributed by atoms with Gasteiger partial charge in [-0.15, -0.1) is 11.6 Å². The van der Waals surface area contributed by atoms with Crippen molar-refractivity contribution in [2.45, 2.75) is 5.67 Å². The van der Waals surface area contributed by atoms with Gasteiger partial charge in [0.05, 0.1) is 27.9 Å². The number of nitriles is 1. The number of hydrogen-bond acceptors (Lipinski definition) is 6. The van der Waals surface area contributed by atoms with Gasteiger partial charge in [-0.1, -0.05) is 11.6 Å². The second-order valence-electron chi connectivity index (χ2n) is 7.72. The van der Waals surface area contributed by atoms with Crippen LogP contribution in [0.5, 0.6) is 11.5 Å². The second kappa shape index (κ2) is 9.87. The summed E-state index contributed by atoms with van der Waals surface area (Å²) in [6, 6.07) is 12.7. The Morgan fingerprint density at radius 2 is 2.03 bits per heavy atom. The number of benzene rings is 2. The number of likely N-dealkylation sites (tertiary alicyclic amines) is 1. The summed E-state index contributed by atoms with van der Waals surface area (Å²) in [7, 11) is 0. The largest absolute Gasteiger partial charge is 0.771 e. The zero-order valence-electron chi connectivity index (χ0n) is 17.3. The van der Waals surface area contributed by atoms with Crippen molar-refractivity contribution in [1.82, 2.24) is 9.47 Å². The minimum atomic E-state index is -2.23. The van der Waals surface area contributed by atoms with E-state index in [2.05, 4.69) is 6.07 Å². The van der Waals surface area contributed by atoms with E-state index >= 15 is 0 Å². The Kier molecular flexibility index (Phi) is 7.12. The number of nitrogens with zero attached hydrogens (tertiary/aromatic N) is 3. The average Bonchev–Trinajstić information content (AvgIpc) is 3.18. The van der Waals surface area contributed by atoms with Gasteiger partial charge >= 0.3 is 0 Å².